The fourth-order valence-electron chi connectivity index (χ4n) is 10.4. The molecule has 1 saturated heterocycles. The number of amides is 1. The zero-order valence-electron chi connectivity index (χ0n) is 27.7. The highest BCUT2D eigenvalue weighted by Crippen LogP contribution is 2.66. The Morgan fingerprint density at radius 2 is 1.82 bits per heavy atom. The normalized spacial score (nSPS) is 38.7. The molecule has 244 valence electrons. The number of carbonyl (C=O) groups is 3. The molecule has 6 aliphatic rings. The topological polar surface area (TPSA) is 97.3 Å². The summed E-state index contributed by atoms with van der Waals surface area (Å²) in [6.45, 7) is 11.3. The average Bonchev–Trinajstić information content (AvgIpc) is 3.57. The predicted octanol–water partition coefficient (Wildman–Crippen LogP) is 6.96. The summed E-state index contributed by atoms with van der Waals surface area (Å²) in [7, 11) is 0. The first-order chi connectivity index (χ1) is 21.0. The van der Waals surface area contributed by atoms with Gasteiger partial charge in [-0.1, -0.05) is 24.6 Å². The van der Waals surface area contributed by atoms with Crippen molar-refractivity contribution in [2.24, 2.45) is 39.7 Å². The summed E-state index contributed by atoms with van der Waals surface area (Å²) in [6, 6.07) is 0.146. The molecule has 1 aliphatic heterocycles. The van der Waals surface area contributed by atoms with Crippen LogP contribution in [0.15, 0.2) is 16.8 Å². The van der Waals surface area contributed by atoms with E-state index in [1.54, 1.807) is 0 Å². The van der Waals surface area contributed by atoms with Gasteiger partial charge >= 0.3 is 12.1 Å². The van der Waals surface area contributed by atoms with Crippen molar-refractivity contribution in [1.29, 1.82) is 0 Å². The van der Waals surface area contributed by atoms with Gasteiger partial charge in [0, 0.05) is 31.0 Å². The lowest BCUT2D eigenvalue weighted by atomic mass is 9.46. The van der Waals surface area contributed by atoms with Crippen LogP contribution in [0.4, 0.5) is 4.79 Å². The van der Waals surface area contributed by atoms with Crippen LogP contribution in [-0.4, -0.2) is 59.2 Å². The molecule has 6 rings (SSSR count). The number of nitrogens with zero attached hydrogens (tertiary/aromatic N) is 2. The second-order valence-electron chi connectivity index (χ2n) is 15.8. The van der Waals surface area contributed by atoms with Crippen LogP contribution in [0, 0.1) is 34.5 Å². The second-order valence-corrected chi connectivity index (χ2v) is 15.8. The van der Waals surface area contributed by atoms with E-state index in [1.165, 1.54) is 31.3 Å². The summed E-state index contributed by atoms with van der Waals surface area (Å²) >= 11 is 0. The van der Waals surface area contributed by atoms with Crippen LogP contribution in [0.1, 0.15) is 125 Å². The van der Waals surface area contributed by atoms with E-state index in [0.29, 0.717) is 42.4 Å². The van der Waals surface area contributed by atoms with Crippen LogP contribution in [-0.2, 0) is 19.2 Å². The lowest BCUT2D eigenvalue weighted by molar-refractivity contribution is -0.149. The van der Waals surface area contributed by atoms with Crippen LogP contribution >= 0.6 is 0 Å². The fraction of sp³-hybridized carbons (Fsp3) is 0.833. The van der Waals surface area contributed by atoms with Gasteiger partial charge in [-0.15, -0.1) is 0 Å². The molecule has 0 aromatic rings. The maximum absolute atomic E-state index is 13.4. The minimum absolute atomic E-state index is 0.116. The van der Waals surface area contributed by atoms with Crippen molar-refractivity contribution in [1.82, 2.24) is 10.2 Å². The maximum atomic E-state index is 13.4. The summed E-state index contributed by atoms with van der Waals surface area (Å²) in [4.78, 5) is 45.5. The number of rotatable bonds is 8. The Morgan fingerprint density at radius 3 is 2.55 bits per heavy atom. The number of hydrogen-bond acceptors (Lipinski definition) is 7. The molecule has 1 N–H and O–H groups in total. The van der Waals surface area contributed by atoms with Gasteiger partial charge in [0.1, 0.15) is 6.04 Å². The van der Waals surface area contributed by atoms with Crippen molar-refractivity contribution in [2.45, 2.75) is 149 Å². The third kappa shape index (κ3) is 5.89. The molecule has 5 aliphatic carbocycles. The molecule has 0 bridgehead atoms. The Kier molecular flexibility index (Phi) is 9.04. The smallest absolute Gasteiger partial charge is 0.436 e. The van der Waals surface area contributed by atoms with Crippen molar-refractivity contribution in [3.8, 4) is 0 Å². The third-order valence-electron chi connectivity index (χ3n) is 13.1. The highest BCUT2D eigenvalue weighted by Gasteiger charge is 2.59. The van der Waals surface area contributed by atoms with Gasteiger partial charge in [0.05, 0.1) is 11.8 Å². The Labute approximate surface area is 264 Å². The van der Waals surface area contributed by atoms with E-state index < -0.39 is 0 Å². The first-order valence-electron chi connectivity index (χ1n) is 17.7. The summed E-state index contributed by atoms with van der Waals surface area (Å²) in [5.74, 6) is 2.51. The molecule has 1 heterocycles. The van der Waals surface area contributed by atoms with Crippen LogP contribution in [0.2, 0.25) is 0 Å². The Bertz CT molecular complexity index is 1190. The lowest BCUT2D eigenvalue weighted by Gasteiger charge is -2.58. The molecule has 4 saturated carbocycles. The van der Waals surface area contributed by atoms with Crippen molar-refractivity contribution >= 4 is 23.6 Å². The van der Waals surface area contributed by atoms with Gasteiger partial charge in [0.2, 0.25) is 0 Å². The van der Waals surface area contributed by atoms with Crippen LogP contribution in [0.3, 0.4) is 0 Å². The van der Waals surface area contributed by atoms with Gasteiger partial charge in [-0.3, -0.25) is 14.4 Å². The number of oxime groups is 1. The Balaban J connectivity index is 1.06. The predicted molar refractivity (Wildman–Crippen MR) is 170 cm³/mol. The molecule has 8 atom stereocenters. The zero-order chi connectivity index (χ0) is 31.2. The molecule has 2 unspecified atom stereocenters. The van der Waals surface area contributed by atoms with Crippen molar-refractivity contribution in [2.75, 3.05) is 6.54 Å². The van der Waals surface area contributed by atoms with Crippen LogP contribution in [0.5, 0.6) is 0 Å². The first kappa shape index (κ1) is 31.7. The van der Waals surface area contributed by atoms with Gasteiger partial charge in [0.15, 0.2) is 5.78 Å². The summed E-state index contributed by atoms with van der Waals surface area (Å²) in [5, 5.41) is 7.96. The van der Waals surface area contributed by atoms with E-state index >= 15 is 0 Å². The third-order valence-corrected chi connectivity index (χ3v) is 13.1. The molecule has 0 spiro atoms. The minimum atomic E-state index is -0.336. The van der Waals surface area contributed by atoms with E-state index in [-0.39, 0.29) is 47.1 Å². The molecule has 8 nitrogen and oxygen atoms in total. The molecule has 0 aromatic heterocycles. The van der Waals surface area contributed by atoms with Crippen molar-refractivity contribution < 1.29 is 24.0 Å². The molecule has 1 amide bonds. The summed E-state index contributed by atoms with van der Waals surface area (Å²) < 4.78 is 5.39. The van der Waals surface area contributed by atoms with Gasteiger partial charge in [-0.2, -0.15) is 0 Å². The largest absolute Gasteiger partial charge is 0.462 e. The summed E-state index contributed by atoms with van der Waals surface area (Å²) in [5.41, 5.74) is 2.75. The Morgan fingerprint density at radius 1 is 1.02 bits per heavy atom. The summed E-state index contributed by atoms with van der Waals surface area (Å²) in [6.07, 6.45) is 15.9. The molecule has 44 heavy (non-hydrogen) atoms. The maximum Gasteiger partial charge on any atom is 0.436 e. The molecule has 0 aromatic carbocycles. The van der Waals surface area contributed by atoms with Crippen LogP contribution in [0.25, 0.3) is 0 Å². The standard InChI is InChI=1S/C36H55N3O5/c1-22(2)43-33(41)32-14-10-25(37-32)17-20-39(26-7-6-8-26)34(42)44-38-23(3)29-12-13-30-28-11-9-24-21-27(40)15-18-35(24,4)31(28)16-19-36(29,30)5/h21-22,25-26,28-32,37H,6-20H2,1-5H3/b38-23+/t25?,28-,29+,30-,31-,32?,35-,36+/m0/s1. The lowest BCUT2D eigenvalue weighted by Crippen LogP contribution is -2.51. The minimum Gasteiger partial charge on any atom is -0.462 e. The number of allylic oxidation sites excluding steroid dienone is 1. The number of nitrogens with one attached hydrogen (secondary N) is 1. The van der Waals surface area contributed by atoms with E-state index in [1.807, 2.05) is 24.8 Å². The SMILES string of the molecule is C/C(=N\OC(=O)N(CCC1CCC(C(=O)OC(C)C)N1)C1CCC1)[C@H]1CC[C@H]2[C@@H]3CCC4=CC(=O)CC[C@]4(C)[C@H]3CC[C@]12C. The number of esters is 1. The molecule has 0 radical (unpaired) electrons. The van der Waals surface area contributed by atoms with Crippen molar-refractivity contribution in [3.05, 3.63) is 11.6 Å². The average molecular weight is 610 g/mol. The second kappa shape index (κ2) is 12.5. The highest BCUT2D eigenvalue weighted by molar-refractivity contribution is 5.91. The number of fused-ring (bicyclic) bond motifs is 5. The number of ketones is 1. The van der Waals surface area contributed by atoms with E-state index in [9.17, 15) is 14.4 Å². The monoisotopic (exact) mass is 609 g/mol. The van der Waals surface area contributed by atoms with Crippen LogP contribution < -0.4 is 5.32 Å². The van der Waals surface area contributed by atoms with E-state index in [2.05, 4.69) is 31.2 Å². The molecule has 8 heteroatoms. The first-order valence-corrected chi connectivity index (χ1v) is 17.7. The Hall–Kier alpha value is -2.22. The zero-order valence-corrected chi connectivity index (χ0v) is 27.7. The van der Waals surface area contributed by atoms with E-state index in [0.717, 1.165) is 63.5 Å². The van der Waals surface area contributed by atoms with Gasteiger partial charge in [-0.05, 0) is 139 Å². The van der Waals surface area contributed by atoms with Gasteiger partial charge < -0.3 is 15.0 Å². The molecular weight excluding hydrogens is 554 g/mol. The fourth-order valence-corrected chi connectivity index (χ4v) is 10.4. The molecule has 5 fully saturated rings. The quantitative estimate of drug-likeness (QED) is 0.138. The van der Waals surface area contributed by atoms with E-state index in [4.69, 9.17) is 9.57 Å². The highest BCUT2D eigenvalue weighted by atomic mass is 16.7. The number of carbonyl (C=O) groups excluding carboxylic acids is 3. The van der Waals surface area contributed by atoms with Crippen molar-refractivity contribution in [3.63, 3.8) is 0 Å². The van der Waals surface area contributed by atoms with Gasteiger partial charge in [-0.25, -0.2) is 4.79 Å². The number of ether oxygens (including phenoxy) is 1. The van der Waals surface area contributed by atoms with Gasteiger partial charge in [0.25, 0.3) is 0 Å². The molecular formula is C36H55N3O5. The number of hydrogen-bond donors (Lipinski definition) is 1.